The SMILES string of the molecule is CNC(=O)C(N1Cc2c(NCc3cccc(CN4CCOCC4)c3F)cccc2C1=O)C(O)(O)C(O)(O)C=O. The molecule has 2 aromatic rings. The number of hydrogen-bond acceptors (Lipinski definition) is 10. The van der Waals surface area contributed by atoms with Crippen molar-refractivity contribution >= 4 is 23.8 Å². The molecule has 39 heavy (non-hydrogen) atoms. The van der Waals surface area contributed by atoms with Gasteiger partial charge in [-0.25, -0.2) is 4.39 Å². The smallest absolute Gasteiger partial charge is 0.279 e. The Kier molecular flexibility index (Phi) is 8.30. The molecular weight excluding hydrogens is 515 g/mol. The van der Waals surface area contributed by atoms with Crippen molar-refractivity contribution in [3.05, 3.63) is 64.5 Å². The Hall–Kier alpha value is -3.46. The normalized spacial score (nSPS) is 17.1. The molecule has 1 fully saturated rings. The molecule has 210 valence electrons. The molecule has 1 atom stereocenters. The van der Waals surface area contributed by atoms with Gasteiger partial charge in [-0.2, -0.15) is 0 Å². The molecule has 12 nitrogen and oxygen atoms in total. The summed E-state index contributed by atoms with van der Waals surface area (Å²) in [5.74, 6) is -9.82. The van der Waals surface area contributed by atoms with Gasteiger partial charge < -0.3 is 40.7 Å². The first kappa shape index (κ1) is 28.5. The number of aliphatic hydroxyl groups is 4. The van der Waals surface area contributed by atoms with Gasteiger partial charge in [-0.15, -0.1) is 0 Å². The third-order valence-electron chi connectivity index (χ3n) is 7.01. The zero-order valence-electron chi connectivity index (χ0n) is 21.3. The second-order valence-corrected chi connectivity index (χ2v) is 9.48. The lowest BCUT2D eigenvalue weighted by Gasteiger charge is -2.40. The van der Waals surface area contributed by atoms with E-state index in [1.807, 2.05) is 0 Å². The molecule has 0 spiro atoms. The number of carbonyl (C=O) groups excluding carboxylic acids is 3. The quantitative estimate of drug-likeness (QED) is 0.159. The van der Waals surface area contributed by atoms with E-state index in [2.05, 4.69) is 15.5 Å². The Balaban J connectivity index is 1.56. The van der Waals surface area contributed by atoms with Crippen molar-refractivity contribution in [2.45, 2.75) is 37.3 Å². The monoisotopic (exact) mass is 546 g/mol. The van der Waals surface area contributed by atoms with Crippen LogP contribution in [0.4, 0.5) is 10.1 Å². The van der Waals surface area contributed by atoms with E-state index in [0.717, 1.165) is 11.9 Å². The molecule has 2 heterocycles. The van der Waals surface area contributed by atoms with Crippen LogP contribution >= 0.6 is 0 Å². The highest BCUT2D eigenvalue weighted by molar-refractivity contribution is 6.03. The van der Waals surface area contributed by atoms with E-state index in [0.29, 0.717) is 55.2 Å². The van der Waals surface area contributed by atoms with Crippen LogP contribution in [0.2, 0.25) is 0 Å². The third-order valence-corrected chi connectivity index (χ3v) is 7.01. The Morgan fingerprint density at radius 3 is 2.46 bits per heavy atom. The Labute approximate surface area is 223 Å². The second-order valence-electron chi connectivity index (χ2n) is 9.48. The lowest BCUT2D eigenvalue weighted by molar-refractivity contribution is -0.345. The van der Waals surface area contributed by atoms with E-state index in [-0.39, 0.29) is 24.5 Å². The van der Waals surface area contributed by atoms with Crippen LogP contribution in [0.3, 0.4) is 0 Å². The first-order valence-electron chi connectivity index (χ1n) is 12.3. The summed E-state index contributed by atoms with van der Waals surface area (Å²) in [6.07, 6.45) is -0.550. The minimum atomic E-state index is -3.76. The number of halogens is 1. The zero-order chi connectivity index (χ0) is 28.4. The van der Waals surface area contributed by atoms with Crippen LogP contribution in [-0.4, -0.2) is 99.3 Å². The first-order valence-corrected chi connectivity index (χ1v) is 12.3. The van der Waals surface area contributed by atoms with Gasteiger partial charge in [-0.05, 0) is 12.1 Å². The maximum atomic E-state index is 15.3. The number of carbonyl (C=O) groups is 3. The number of aldehydes is 1. The standard InChI is InChI=1S/C26H31FN4O8/c1-28-23(33)22(26(37,38)25(35,36)15-32)31-14-19-18(24(31)34)6-3-7-20(19)29-12-16-4-2-5-17(21(16)27)13-30-8-10-39-11-9-30/h2-7,15,22,29,35-38H,8-14H2,1H3,(H,28,33). The number of amides is 2. The highest BCUT2D eigenvalue weighted by atomic mass is 19.1. The minimum Gasteiger partial charge on any atom is -0.381 e. The summed E-state index contributed by atoms with van der Waals surface area (Å²) in [6.45, 7) is 2.78. The van der Waals surface area contributed by atoms with Gasteiger partial charge in [-0.1, -0.05) is 24.3 Å². The van der Waals surface area contributed by atoms with Crippen LogP contribution in [-0.2, 0) is 34.0 Å². The first-order chi connectivity index (χ1) is 18.5. The van der Waals surface area contributed by atoms with Crippen molar-refractivity contribution in [1.29, 1.82) is 0 Å². The average Bonchev–Trinajstić information content (AvgIpc) is 3.25. The highest BCUT2D eigenvalue weighted by Gasteiger charge is 2.60. The molecule has 4 rings (SSSR count). The molecule has 1 saturated heterocycles. The van der Waals surface area contributed by atoms with Crippen LogP contribution in [0, 0.1) is 5.82 Å². The largest absolute Gasteiger partial charge is 0.381 e. The van der Waals surface area contributed by atoms with E-state index in [1.54, 1.807) is 30.3 Å². The number of benzene rings is 2. The lowest BCUT2D eigenvalue weighted by Crippen LogP contribution is -2.70. The van der Waals surface area contributed by atoms with Crippen LogP contribution in [0.1, 0.15) is 27.0 Å². The molecule has 6 N–H and O–H groups in total. The van der Waals surface area contributed by atoms with Gasteiger partial charge in [0.25, 0.3) is 17.5 Å². The molecule has 0 radical (unpaired) electrons. The molecule has 0 aliphatic carbocycles. The molecule has 0 bridgehead atoms. The molecule has 2 aliphatic heterocycles. The van der Waals surface area contributed by atoms with Crippen molar-refractivity contribution in [2.75, 3.05) is 38.7 Å². The molecule has 2 aromatic carbocycles. The number of rotatable bonds is 10. The van der Waals surface area contributed by atoms with Gasteiger partial charge in [-0.3, -0.25) is 19.3 Å². The number of ether oxygens (including phenoxy) is 1. The Morgan fingerprint density at radius 1 is 1.13 bits per heavy atom. The van der Waals surface area contributed by atoms with E-state index in [9.17, 15) is 34.8 Å². The second kappa shape index (κ2) is 11.3. The Bertz CT molecular complexity index is 1250. The summed E-state index contributed by atoms with van der Waals surface area (Å²) in [6, 6.07) is 7.51. The average molecular weight is 547 g/mol. The van der Waals surface area contributed by atoms with Crippen LogP contribution in [0.25, 0.3) is 0 Å². The maximum Gasteiger partial charge on any atom is 0.279 e. The topological polar surface area (TPSA) is 172 Å². The van der Waals surface area contributed by atoms with E-state index in [4.69, 9.17) is 4.74 Å². The molecule has 2 amide bonds. The Morgan fingerprint density at radius 2 is 1.79 bits per heavy atom. The van der Waals surface area contributed by atoms with Crippen molar-refractivity contribution in [1.82, 2.24) is 15.1 Å². The van der Waals surface area contributed by atoms with E-state index >= 15 is 4.39 Å². The van der Waals surface area contributed by atoms with Crippen molar-refractivity contribution in [2.24, 2.45) is 0 Å². The van der Waals surface area contributed by atoms with Gasteiger partial charge in [0.15, 0.2) is 12.3 Å². The molecule has 13 heteroatoms. The molecule has 0 aromatic heterocycles. The predicted molar refractivity (Wildman–Crippen MR) is 134 cm³/mol. The molecular formula is C26H31FN4O8. The highest BCUT2D eigenvalue weighted by Crippen LogP contribution is 2.35. The number of nitrogens with zero attached hydrogens (tertiary/aromatic N) is 2. The summed E-state index contributed by atoms with van der Waals surface area (Å²) < 4.78 is 20.6. The van der Waals surface area contributed by atoms with Gasteiger partial charge in [0.1, 0.15) is 5.82 Å². The number of likely N-dealkylation sites (N-methyl/N-ethyl adjacent to an activating group) is 1. The van der Waals surface area contributed by atoms with Crippen LogP contribution in [0.15, 0.2) is 36.4 Å². The van der Waals surface area contributed by atoms with Crippen LogP contribution < -0.4 is 10.6 Å². The number of nitrogens with one attached hydrogen (secondary N) is 2. The zero-order valence-corrected chi connectivity index (χ0v) is 21.3. The van der Waals surface area contributed by atoms with Gasteiger partial charge in [0.2, 0.25) is 5.91 Å². The summed E-state index contributed by atoms with van der Waals surface area (Å²) >= 11 is 0. The number of morpholine rings is 1. The summed E-state index contributed by atoms with van der Waals surface area (Å²) in [7, 11) is 1.14. The molecule has 2 aliphatic rings. The maximum absolute atomic E-state index is 15.3. The fourth-order valence-electron chi connectivity index (χ4n) is 4.78. The molecule has 1 unspecified atom stereocenters. The lowest BCUT2D eigenvalue weighted by atomic mass is 9.96. The number of fused-ring (bicyclic) bond motifs is 1. The van der Waals surface area contributed by atoms with Crippen LogP contribution in [0.5, 0.6) is 0 Å². The minimum absolute atomic E-state index is 0.0672. The van der Waals surface area contributed by atoms with E-state index < -0.39 is 35.7 Å². The third kappa shape index (κ3) is 5.50. The number of anilines is 1. The van der Waals surface area contributed by atoms with Gasteiger partial charge in [0.05, 0.1) is 13.2 Å². The summed E-state index contributed by atoms with van der Waals surface area (Å²) in [4.78, 5) is 39.8. The summed E-state index contributed by atoms with van der Waals surface area (Å²) in [5, 5.41) is 45.9. The van der Waals surface area contributed by atoms with Gasteiger partial charge in [0, 0.05) is 67.7 Å². The van der Waals surface area contributed by atoms with Crippen molar-refractivity contribution in [3.8, 4) is 0 Å². The van der Waals surface area contributed by atoms with E-state index in [1.165, 1.54) is 6.07 Å². The fraction of sp³-hybridized carbons (Fsp3) is 0.423. The fourth-order valence-corrected chi connectivity index (χ4v) is 4.78. The van der Waals surface area contributed by atoms with Crippen molar-refractivity contribution in [3.63, 3.8) is 0 Å². The summed E-state index contributed by atoms with van der Waals surface area (Å²) in [5.41, 5.74) is 1.83. The van der Waals surface area contributed by atoms with Gasteiger partial charge >= 0.3 is 0 Å². The van der Waals surface area contributed by atoms with Crippen molar-refractivity contribution < 1.29 is 43.9 Å². The predicted octanol–water partition coefficient (Wildman–Crippen LogP) is -1.10. The number of hydrogen-bond donors (Lipinski definition) is 6. The molecule has 0 saturated carbocycles.